The summed E-state index contributed by atoms with van der Waals surface area (Å²) in [6, 6.07) is 6.12. The van der Waals surface area contributed by atoms with Gasteiger partial charge in [-0.25, -0.2) is 9.18 Å². The Hall–Kier alpha value is -1.62. The molecule has 1 amide bonds. The molecule has 20 heavy (non-hydrogen) atoms. The van der Waals surface area contributed by atoms with E-state index in [0.29, 0.717) is 31.4 Å². The van der Waals surface area contributed by atoms with Gasteiger partial charge in [0.2, 0.25) is 0 Å². The Balaban J connectivity index is 2.01. The van der Waals surface area contributed by atoms with E-state index in [1.54, 1.807) is 30.0 Å². The molecule has 0 bridgehead atoms. The van der Waals surface area contributed by atoms with E-state index in [0.717, 1.165) is 0 Å². The van der Waals surface area contributed by atoms with Crippen LogP contribution < -0.4 is 0 Å². The van der Waals surface area contributed by atoms with Crippen LogP contribution in [0.1, 0.15) is 37.8 Å². The Labute approximate surface area is 118 Å². The predicted octanol–water partition coefficient (Wildman–Crippen LogP) is 2.87. The molecule has 1 N–H and O–H groups in total. The highest BCUT2D eigenvalue weighted by atomic mass is 19.1. The first-order chi connectivity index (χ1) is 9.63. The van der Waals surface area contributed by atoms with Gasteiger partial charge in [0.05, 0.1) is 6.04 Å². The monoisotopic (exact) mass is 281 g/mol. The van der Waals surface area contributed by atoms with Gasteiger partial charge in [-0.1, -0.05) is 18.2 Å². The van der Waals surface area contributed by atoms with Gasteiger partial charge in [0.1, 0.15) is 11.9 Å². The van der Waals surface area contributed by atoms with E-state index < -0.39 is 6.09 Å². The lowest BCUT2D eigenvalue weighted by molar-refractivity contribution is 0.00723. The average Bonchev–Trinajstić information content (AvgIpc) is 2.45. The quantitative estimate of drug-likeness (QED) is 0.903. The lowest BCUT2D eigenvalue weighted by Gasteiger charge is -2.35. The number of carbonyl (C=O) groups excluding carboxylic acids is 1. The summed E-state index contributed by atoms with van der Waals surface area (Å²) in [5, 5.41) is 8.79. The van der Waals surface area contributed by atoms with Gasteiger partial charge in [-0.2, -0.15) is 0 Å². The summed E-state index contributed by atoms with van der Waals surface area (Å²) in [5.41, 5.74) is 0.498. The molecule has 1 aliphatic heterocycles. The van der Waals surface area contributed by atoms with Crippen LogP contribution >= 0.6 is 0 Å². The molecular weight excluding hydrogens is 261 g/mol. The summed E-state index contributed by atoms with van der Waals surface area (Å²) in [5.74, 6) is -0.310. The van der Waals surface area contributed by atoms with E-state index in [2.05, 4.69) is 0 Å². The smallest absolute Gasteiger partial charge is 0.410 e. The van der Waals surface area contributed by atoms with Gasteiger partial charge in [0, 0.05) is 25.1 Å². The number of halogens is 1. The predicted molar refractivity (Wildman–Crippen MR) is 72.7 cm³/mol. The molecule has 1 aliphatic rings. The maximum absolute atomic E-state index is 13.8. The molecule has 0 saturated carbocycles. The lowest BCUT2D eigenvalue weighted by Crippen LogP contribution is -2.43. The number of aliphatic hydroxyl groups is 1. The minimum Gasteiger partial charge on any atom is -0.446 e. The van der Waals surface area contributed by atoms with Crippen molar-refractivity contribution >= 4 is 6.09 Å². The van der Waals surface area contributed by atoms with Crippen LogP contribution in [0.4, 0.5) is 9.18 Å². The zero-order valence-electron chi connectivity index (χ0n) is 11.6. The molecule has 0 radical (unpaired) electrons. The van der Waals surface area contributed by atoms with E-state index >= 15 is 0 Å². The maximum atomic E-state index is 13.8. The Morgan fingerprint density at radius 1 is 1.50 bits per heavy atom. The van der Waals surface area contributed by atoms with E-state index in [1.807, 2.05) is 0 Å². The number of hydrogen-bond donors (Lipinski definition) is 1. The fraction of sp³-hybridized carbons (Fsp3) is 0.533. The van der Waals surface area contributed by atoms with Gasteiger partial charge in [-0.15, -0.1) is 0 Å². The molecule has 110 valence electrons. The summed E-state index contributed by atoms with van der Waals surface area (Å²) < 4.78 is 19.1. The first-order valence-electron chi connectivity index (χ1n) is 6.96. The molecule has 2 atom stereocenters. The molecule has 1 saturated heterocycles. The number of cyclic esters (lactones) is 1. The van der Waals surface area contributed by atoms with Crippen molar-refractivity contribution in [3.05, 3.63) is 35.6 Å². The third-order valence-electron chi connectivity index (χ3n) is 3.70. The number of amides is 1. The molecule has 2 rings (SSSR count). The van der Waals surface area contributed by atoms with Crippen LogP contribution in [0.3, 0.4) is 0 Å². The van der Waals surface area contributed by atoms with Crippen LogP contribution in [0.15, 0.2) is 24.3 Å². The topological polar surface area (TPSA) is 49.8 Å². The minimum atomic E-state index is -0.407. The van der Waals surface area contributed by atoms with E-state index in [1.165, 1.54) is 6.07 Å². The summed E-state index contributed by atoms with van der Waals surface area (Å²) >= 11 is 0. The van der Waals surface area contributed by atoms with Crippen LogP contribution in [0.5, 0.6) is 0 Å². The fourth-order valence-electron chi connectivity index (χ4n) is 2.50. The average molecular weight is 281 g/mol. The fourth-order valence-corrected chi connectivity index (χ4v) is 2.50. The number of hydrogen-bond acceptors (Lipinski definition) is 3. The van der Waals surface area contributed by atoms with Crippen molar-refractivity contribution in [2.45, 2.75) is 38.3 Å². The van der Waals surface area contributed by atoms with Crippen molar-refractivity contribution < 1.29 is 19.0 Å². The molecule has 1 aromatic rings. The normalized spacial score (nSPS) is 20.6. The second-order valence-electron chi connectivity index (χ2n) is 5.05. The molecule has 0 spiro atoms. The van der Waals surface area contributed by atoms with E-state index in [4.69, 9.17) is 9.84 Å². The van der Waals surface area contributed by atoms with Crippen molar-refractivity contribution in [2.24, 2.45) is 0 Å². The Morgan fingerprint density at radius 3 is 2.90 bits per heavy atom. The number of aliphatic hydroxyl groups excluding tert-OH is 1. The van der Waals surface area contributed by atoms with Crippen LogP contribution in [0.2, 0.25) is 0 Å². The zero-order valence-corrected chi connectivity index (χ0v) is 11.6. The van der Waals surface area contributed by atoms with E-state index in [-0.39, 0.29) is 24.6 Å². The third kappa shape index (κ3) is 3.28. The van der Waals surface area contributed by atoms with Crippen LogP contribution in [0.25, 0.3) is 0 Å². The van der Waals surface area contributed by atoms with Crippen LogP contribution in [0, 0.1) is 5.82 Å². The lowest BCUT2D eigenvalue weighted by atomic mass is 10.0. The number of ether oxygens (including phenoxy) is 1. The summed E-state index contributed by atoms with van der Waals surface area (Å²) in [7, 11) is 0. The highest BCUT2D eigenvalue weighted by molar-refractivity contribution is 5.69. The molecule has 1 aromatic carbocycles. The SMILES string of the molecule is CC(c1ccccc1F)N1CCC(CCCO)OC1=O. The largest absolute Gasteiger partial charge is 0.446 e. The Bertz CT molecular complexity index is 466. The molecule has 2 unspecified atom stereocenters. The van der Waals surface area contributed by atoms with Crippen molar-refractivity contribution in [3.63, 3.8) is 0 Å². The molecule has 1 heterocycles. The maximum Gasteiger partial charge on any atom is 0.410 e. The van der Waals surface area contributed by atoms with Crippen LogP contribution in [-0.4, -0.2) is 35.4 Å². The Morgan fingerprint density at radius 2 is 2.25 bits per heavy atom. The van der Waals surface area contributed by atoms with Gasteiger partial charge in [0.25, 0.3) is 0 Å². The zero-order chi connectivity index (χ0) is 14.5. The molecule has 4 nitrogen and oxygen atoms in total. The standard InChI is InChI=1S/C15H20FNO3/c1-11(13-6-2-3-7-14(13)16)17-9-8-12(5-4-10-18)20-15(17)19/h2-3,6-7,11-12,18H,4-5,8-10H2,1H3. The minimum absolute atomic E-state index is 0.101. The highest BCUT2D eigenvalue weighted by Gasteiger charge is 2.31. The molecule has 5 heteroatoms. The Kier molecular flexibility index (Phi) is 4.95. The van der Waals surface area contributed by atoms with Gasteiger partial charge in [-0.05, 0) is 25.8 Å². The van der Waals surface area contributed by atoms with Crippen molar-refractivity contribution in [3.8, 4) is 0 Å². The van der Waals surface area contributed by atoms with Crippen LogP contribution in [-0.2, 0) is 4.74 Å². The number of nitrogens with zero attached hydrogens (tertiary/aromatic N) is 1. The molecule has 0 aliphatic carbocycles. The van der Waals surface area contributed by atoms with Gasteiger partial charge in [0.15, 0.2) is 0 Å². The number of benzene rings is 1. The highest BCUT2D eigenvalue weighted by Crippen LogP contribution is 2.27. The summed E-state index contributed by atoms with van der Waals surface area (Å²) in [6.45, 7) is 2.45. The first-order valence-corrected chi connectivity index (χ1v) is 6.96. The second kappa shape index (κ2) is 6.70. The second-order valence-corrected chi connectivity index (χ2v) is 5.05. The van der Waals surface area contributed by atoms with Gasteiger partial charge < -0.3 is 14.7 Å². The van der Waals surface area contributed by atoms with Gasteiger partial charge >= 0.3 is 6.09 Å². The number of carbonyl (C=O) groups is 1. The molecule has 1 fully saturated rings. The van der Waals surface area contributed by atoms with E-state index in [9.17, 15) is 9.18 Å². The number of rotatable bonds is 5. The summed E-state index contributed by atoms with van der Waals surface area (Å²) in [4.78, 5) is 13.6. The molecular formula is C15H20FNO3. The van der Waals surface area contributed by atoms with Gasteiger partial charge in [-0.3, -0.25) is 0 Å². The van der Waals surface area contributed by atoms with Crippen molar-refractivity contribution in [1.82, 2.24) is 4.90 Å². The first kappa shape index (κ1) is 14.8. The van der Waals surface area contributed by atoms with Crippen molar-refractivity contribution in [2.75, 3.05) is 13.2 Å². The molecule has 0 aromatic heterocycles. The third-order valence-corrected chi connectivity index (χ3v) is 3.70. The van der Waals surface area contributed by atoms with Crippen molar-refractivity contribution in [1.29, 1.82) is 0 Å². The summed E-state index contributed by atoms with van der Waals surface area (Å²) in [6.07, 6.45) is 1.46.